The highest BCUT2D eigenvalue weighted by atomic mass is 14.9. The molecule has 0 saturated carbocycles. The summed E-state index contributed by atoms with van der Waals surface area (Å²) in [5.74, 6) is 0.771. The second kappa shape index (κ2) is 11.1. The third kappa shape index (κ3) is 6.79. The molecule has 2 heteroatoms. The minimum Gasteiger partial charge on any atom is -0.236 e. The fourth-order valence-electron chi connectivity index (χ4n) is 2.84. The molecule has 1 heterocycles. The second-order valence-corrected chi connectivity index (χ2v) is 8.95. The fraction of sp³-hybridized carbons (Fsp3) is 0.429. The van der Waals surface area contributed by atoms with Crippen molar-refractivity contribution in [2.75, 3.05) is 0 Å². The Morgan fingerprint density at radius 3 is 1.17 bits per heavy atom. The van der Waals surface area contributed by atoms with E-state index in [1.54, 1.807) is 0 Å². The van der Waals surface area contributed by atoms with Gasteiger partial charge in [0.05, 0.1) is 0 Å². The maximum atomic E-state index is 4.55. The molecule has 0 amide bonds. The van der Waals surface area contributed by atoms with E-state index in [2.05, 4.69) is 100 Å². The molecule has 30 heavy (non-hydrogen) atoms. The van der Waals surface area contributed by atoms with Crippen LogP contribution in [0.2, 0.25) is 0 Å². The van der Waals surface area contributed by atoms with Gasteiger partial charge in [-0.3, -0.25) is 0 Å². The molecule has 0 fully saturated rings. The Kier molecular flexibility index (Phi) is 9.42. The van der Waals surface area contributed by atoms with Crippen LogP contribution in [0.15, 0.2) is 60.9 Å². The minimum atomic E-state index is 0.0710. The zero-order valence-electron chi connectivity index (χ0n) is 20.7. The van der Waals surface area contributed by atoms with Gasteiger partial charge in [0.2, 0.25) is 0 Å². The molecule has 2 aromatic carbocycles. The normalized spacial score (nSPS) is 11.0. The Hall–Kier alpha value is -2.48. The van der Waals surface area contributed by atoms with Crippen molar-refractivity contribution in [3.63, 3.8) is 0 Å². The largest absolute Gasteiger partial charge is 0.236 e. The number of hydrogen-bond donors (Lipinski definition) is 0. The fourth-order valence-corrected chi connectivity index (χ4v) is 2.84. The van der Waals surface area contributed by atoms with Gasteiger partial charge in [-0.15, -0.1) is 0 Å². The molecule has 0 aliphatic heterocycles. The average Bonchev–Trinajstić information content (AvgIpc) is 2.76. The summed E-state index contributed by atoms with van der Waals surface area (Å²) in [4.78, 5) is 9.09. The number of rotatable bonds is 2. The predicted octanol–water partition coefficient (Wildman–Crippen LogP) is 8.46. The standard InChI is InChI=1S/C24H28N2.2C2H6/c1-23(2,3)20-13-11-18(12-14-20)17-7-9-19(10-8-17)22-25-15-21(16-26-22)24(4,5)6;2*1-2/h7-16H,1-6H3;2*1-2H3. The van der Waals surface area contributed by atoms with E-state index in [4.69, 9.17) is 0 Å². The highest BCUT2D eigenvalue weighted by Crippen LogP contribution is 2.28. The van der Waals surface area contributed by atoms with Gasteiger partial charge in [-0.05, 0) is 33.1 Å². The van der Waals surface area contributed by atoms with Crippen molar-refractivity contribution >= 4 is 0 Å². The van der Waals surface area contributed by atoms with Gasteiger partial charge < -0.3 is 0 Å². The molecule has 3 rings (SSSR count). The molecule has 0 spiro atoms. The Labute approximate surface area is 184 Å². The van der Waals surface area contributed by atoms with Gasteiger partial charge in [0.25, 0.3) is 0 Å². The van der Waals surface area contributed by atoms with Crippen LogP contribution < -0.4 is 0 Å². The molecule has 2 nitrogen and oxygen atoms in total. The molecule has 0 saturated heterocycles. The SMILES string of the molecule is CC.CC.CC(C)(C)c1ccc(-c2ccc(-c3ncc(C(C)(C)C)cn3)cc2)cc1. The molecule has 0 atom stereocenters. The summed E-state index contributed by atoms with van der Waals surface area (Å²) in [6, 6.07) is 17.3. The van der Waals surface area contributed by atoms with Gasteiger partial charge in [0.15, 0.2) is 5.82 Å². The maximum absolute atomic E-state index is 4.55. The van der Waals surface area contributed by atoms with Crippen LogP contribution in [0, 0.1) is 0 Å². The first kappa shape index (κ1) is 25.6. The Bertz CT molecular complexity index is 784. The summed E-state index contributed by atoms with van der Waals surface area (Å²) in [6.45, 7) is 21.2. The van der Waals surface area contributed by atoms with Crippen molar-refractivity contribution in [1.82, 2.24) is 9.97 Å². The van der Waals surface area contributed by atoms with Crippen LogP contribution in [0.1, 0.15) is 80.4 Å². The van der Waals surface area contributed by atoms with Crippen molar-refractivity contribution < 1.29 is 0 Å². The Balaban J connectivity index is 0.00000106. The van der Waals surface area contributed by atoms with Crippen LogP contribution in [0.3, 0.4) is 0 Å². The molecule has 0 bridgehead atoms. The van der Waals surface area contributed by atoms with Crippen LogP contribution in [0.4, 0.5) is 0 Å². The van der Waals surface area contributed by atoms with Crippen molar-refractivity contribution in [1.29, 1.82) is 0 Å². The van der Waals surface area contributed by atoms with Crippen molar-refractivity contribution in [2.45, 2.75) is 80.1 Å². The first-order valence-electron chi connectivity index (χ1n) is 11.2. The molecule has 162 valence electrons. The van der Waals surface area contributed by atoms with E-state index in [1.807, 2.05) is 40.1 Å². The van der Waals surface area contributed by atoms with Crippen LogP contribution in [-0.2, 0) is 10.8 Å². The lowest BCUT2D eigenvalue weighted by Crippen LogP contribution is -2.12. The average molecular weight is 405 g/mol. The number of hydrogen-bond acceptors (Lipinski definition) is 2. The van der Waals surface area contributed by atoms with E-state index in [0.29, 0.717) is 0 Å². The van der Waals surface area contributed by atoms with E-state index in [-0.39, 0.29) is 10.8 Å². The number of aromatic nitrogens is 2. The lowest BCUT2D eigenvalue weighted by molar-refractivity contribution is 0.584. The van der Waals surface area contributed by atoms with Crippen molar-refractivity contribution in [3.8, 4) is 22.5 Å². The third-order valence-electron chi connectivity index (χ3n) is 4.75. The lowest BCUT2D eigenvalue weighted by atomic mass is 9.86. The van der Waals surface area contributed by atoms with E-state index in [0.717, 1.165) is 17.0 Å². The van der Waals surface area contributed by atoms with Gasteiger partial charge in [0, 0.05) is 18.0 Å². The second-order valence-electron chi connectivity index (χ2n) is 8.95. The quantitative estimate of drug-likeness (QED) is 0.428. The van der Waals surface area contributed by atoms with Gasteiger partial charge in [-0.1, -0.05) is 118 Å². The molecule has 0 radical (unpaired) electrons. The Morgan fingerprint density at radius 2 is 0.800 bits per heavy atom. The molecular weight excluding hydrogens is 364 g/mol. The first-order chi connectivity index (χ1) is 14.1. The molecule has 3 aromatic rings. The van der Waals surface area contributed by atoms with E-state index < -0.39 is 0 Å². The zero-order valence-corrected chi connectivity index (χ0v) is 20.7. The van der Waals surface area contributed by atoms with Gasteiger partial charge >= 0.3 is 0 Å². The molecule has 0 unspecified atom stereocenters. The van der Waals surface area contributed by atoms with Gasteiger partial charge in [0.1, 0.15) is 0 Å². The minimum absolute atomic E-state index is 0.0710. The van der Waals surface area contributed by atoms with Gasteiger partial charge in [-0.2, -0.15) is 0 Å². The summed E-state index contributed by atoms with van der Waals surface area (Å²) in [5.41, 5.74) is 6.23. The van der Waals surface area contributed by atoms with Crippen molar-refractivity contribution in [3.05, 3.63) is 72.1 Å². The molecular formula is C28H40N2. The van der Waals surface area contributed by atoms with Crippen LogP contribution in [-0.4, -0.2) is 9.97 Å². The monoisotopic (exact) mass is 404 g/mol. The van der Waals surface area contributed by atoms with Gasteiger partial charge in [-0.25, -0.2) is 9.97 Å². The summed E-state index contributed by atoms with van der Waals surface area (Å²) in [7, 11) is 0. The smallest absolute Gasteiger partial charge is 0.159 e. The first-order valence-corrected chi connectivity index (χ1v) is 11.2. The zero-order chi connectivity index (χ0) is 22.9. The maximum Gasteiger partial charge on any atom is 0.159 e. The van der Waals surface area contributed by atoms with E-state index in [1.165, 1.54) is 16.7 Å². The summed E-state index contributed by atoms with van der Waals surface area (Å²) >= 11 is 0. The number of benzene rings is 2. The molecule has 0 N–H and O–H groups in total. The summed E-state index contributed by atoms with van der Waals surface area (Å²) in [5, 5.41) is 0. The Morgan fingerprint density at radius 1 is 0.467 bits per heavy atom. The van der Waals surface area contributed by atoms with Crippen LogP contribution in [0.5, 0.6) is 0 Å². The van der Waals surface area contributed by atoms with E-state index >= 15 is 0 Å². The predicted molar refractivity (Wildman–Crippen MR) is 133 cm³/mol. The van der Waals surface area contributed by atoms with Crippen LogP contribution in [0.25, 0.3) is 22.5 Å². The molecule has 0 aliphatic carbocycles. The summed E-state index contributed by atoms with van der Waals surface area (Å²) in [6.07, 6.45) is 3.86. The topological polar surface area (TPSA) is 25.8 Å². The lowest BCUT2D eigenvalue weighted by Gasteiger charge is -2.19. The molecule has 1 aromatic heterocycles. The molecule has 0 aliphatic rings. The third-order valence-corrected chi connectivity index (χ3v) is 4.75. The van der Waals surface area contributed by atoms with Crippen molar-refractivity contribution in [2.24, 2.45) is 0 Å². The van der Waals surface area contributed by atoms with Crippen LogP contribution >= 0.6 is 0 Å². The van der Waals surface area contributed by atoms with E-state index in [9.17, 15) is 0 Å². The summed E-state index contributed by atoms with van der Waals surface area (Å²) < 4.78 is 0. The highest BCUT2D eigenvalue weighted by Gasteiger charge is 2.15. The number of nitrogens with zero attached hydrogens (tertiary/aromatic N) is 2. The highest BCUT2D eigenvalue weighted by molar-refractivity contribution is 5.68.